The Kier molecular flexibility index (Phi) is 4.01. The number of nitrogens with two attached hydrogens (primary N) is 1. The first-order valence-corrected chi connectivity index (χ1v) is 6.24. The predicted octanol–water partition coefficient (Wildman–Crippen LogP) is 2.25. The van der Waals surface area contributed by atoms with E-state index >= 15 is 0 Å². The summed E-state index contributed by atoms with van der Waals surface area (Å²) in [5, 5.41) is 9.74. The molecule has 0 bridgehead atoms. The number of rotatable bonds is 4. The molecule has 0 unspecified atom stereocenters. The zero-order chi connectivity index (χ0) is 13.8. The Morgan fingerprint density at radius 3 is 3.05 bits per heavy atom. The van der Waals surface area contributed by atoms with Gasteiger partial charge in [-0.05, 0) is 12.5 Å². The Hall–Kier alpha value is -2.08. The highest BCUT2D eigenvalue weighted by molar-refractivity contribution is 6.33. The van der Waals surface area contributed by atoms with Crippen molar-refractivity contribution in [3.8, 4) is 0 Å². The van der Waals surface area contributed by atoms with E-state index in [0.717, 1.165) is 18.5 Å². The molecule has 0 aromatic carbocycles. The number of aromatic nitrogens is 3. The number of nitrogens with zero attached hydrogens (tertiary/aromatic N) is 2. The summed E-state index contributed by atoms with van der Waals surface area (Å²) < 4.78 is 0. The van der Waals surface area contributed by atoms with E-state index in [1.54, 1.807) is 12.3 Å². The fourth-order valence-corrected chi connectivity index (χ4v) is 1.80. The monoisotopic (exact) mass is 279 g/mol. The average Bonchev–Trinajstić information content (AvgIpc) is 2.75. The van der Waals surface area contributed by atoms with Crippen molar-refractivity contribution in [2.45, 2.75) is 19.8 Å². The van der Waals surface area contributed by atoms with Crippen LogP contribution >= 0.6 is 11.6 Å². The van der Waals surface area contributed by atoms with E-state index in [9.17, 15) is 4.79 Å². The van der Waals surface area contributed by atoms with Gasteiger partial charge in [0.15, 0.2) is 5.69 Å². The first kappa shape index (κ1) is 13.4. The highest BCUT2D eigenvalue weighted by atomic mass is 35.5. The van der Waals surface area contributed by atoms with Crippen LogP contribution in [0.1, 0.15) is 29.5 Å². The van der Waals surface area contributed by atoms with Crippen LogP contribution in [0.25, 0.3) is 0 Å². The predicted molar refractivity (Wildman–Crippen MR) is 74.2 cm³/mol. The Bertz CT molecular complexity index is 596. The lowest BCUT2D eigenvalue weighted by molar-refractivity contribution is 0.102. The second-order valence-electron chi connectivity index (χ2n) is 4.02. The minimum atomic E-state index is -0.411. The summed E-state index contributed by atoms with van der Waals surface area (Å²) in [6, 6.07) is 1.59. The topological polar surface area (TPSA) is 96.7 Å². The molecule has 2 aromatic rings. The summed E-state index contributed by atoms with van der Waals surface area (Å²) in [5.74, 6) is -0.411. The van der Waals surface area contributed by atoms with Crippen LogP contribution in [0.15, 0.2) is 18.5 Å². The number of anilines is 2. The number of nitrogens with one attached hydrogen (secondary N) is 2. The van der Waals surface area contributed by atoms with Crippen molar-refractivity contribution in [2.75, 3.05) is 11.1 Å². The van der Waals surface area contributed by atoms with E-state index in [0.29, 0.717) is 16.4 Å². The van der Waals surface area contributed by atoms with Gasteiger partial charge in [-0.1, -0.05) is 24.9 Å². The van der Waals surface area contributed by atoms with Gasteiger partial charge in [0, 0.05) is 6.20 Å². The standard InChI is InChI=1S/C12H14ClN5O/c1-2-3-8-10(14)11(18-17-8)12(19)16-9-6-15-5-4-7(9)13/h4-6H,2-3,14H2,1H3,(H,16,19)(H,17,18). The molecule has 2 heterocycles. The third-order valence-corrected chi connectivity index (χ3v) is 2.94. The molecular weight excluding hydrogens is 266 g/mol. The Morgan fingerprint density at radius 1 is 1.58 bits per heavy atom. The van der Waals surface area contributed by atoms with Crippen LogP contribution in [0.3, 0.4) is 0 Å². The Labute approximate surface area is 115 Å². The Morgan fingerprint density at radius 2 is 2.37 bits per heavy atom. The highest BCUT2D eigenvalue weighted by Gasteiger charge is 2.17. The van der Waals surface area contributed by atoms with Gasteiger partial charge in [0.05, 0.1) is 28.3 Å². The summed E-state index contributed by atoms with van der Waals surface area (Å²) in [4.78, 5) is 15.9. The third-order valence-electron chi connectivity index (χ3n) is 2.61. The van der Waals surface area contributed by atoms with E-state index in [2.05, 4.69) is 20.5 Å². The molecule has 0 spiro atoms. The molecule has 0 saturated carbocycles. The number of carbonyl (C=O) groups excluding carboxylic acids is 1. The maximum Gasteiger partial charge on any atom is 0.278 e. The van der Waals surface area contributed by atoms with Crippen molar-refractivity contribution >= 4 is 28.9 Å². The molecule has 2 rings (SSSR count). The van der Waals surface area contributed by atoms with E-state index in [4.69, 9.17) is 17.3 Å². The molecule has 0 fully saturated rings. The van der Waals surface area contributed by atoms with Crippen LogP contribution < -0.4 is 11.1 Å². The molecule has 1 amide bonds. The number of H-pyrrole nitrogens is 1. The molecule has 7 heteroatoms. The molecule has 19 heavy (non-hydrogen) atoms. The lowest BCUT2D eigenvalue weighted by atomic mass is 10.2. The fourth-order valence-electron chi connectivity index (χ4n) is 1.65. The Balaban J connectivity index is 2.19. The van der Waals surface area contributed by atoms with Crippen molar-refractivity contribution in [1.82, 2.24) is 15.2 Å². The summed E-state index contributed by atoms with van der Waals surface area (Å²) in [6.45, 7) is 2.02. The first-order chi connectivity index (χ1) is 9.13. The fraction of sp³-hybridized carbons (Fsp3) is 0.250. The quantitative estimate of drug-likeness (QED) is 0.799. The summed E-state index contributed by atoms with van der Waals surface area (Å²) in [6.07, 6.45) is 4.68. The number of pyridine rings is 1. The van der Waals surface area contributed by atoms with Crippen LogP contribution in [0, 0.1) is 0 Å². The van der Waals surface area contributed by atoms with Crippen LogP contribution in [0.4, 0.5) is 11.4 Å². The number of amides is 1. The van der Waals surface area contributed by atoms with Crippen molar-refractivity contribution in [1.29, 1.82) is 0 Å². The number of carbonyl (C=O) groups is 1. The van der Waals surface area contributed by atoms with Gasteiger partial charge >= 0.3 is 0 Å². The van der Waals surface area contributed by atoms with Crippen LogP contribution in [0.2, 0.25) is 5.02 Å². The van der Waals surface area contributed by atoms with Gasteiger partial charge in [0.1, 0.15) is 0 Å². The van der Waals surface area contributed by atoms with Gasteiger partial charge < -0.3 is 11.1 Å². The molecule has 0 aliphatic rings. The van der Waals surface area contributed by atoms with E-state index in [1.165, 1.54) is 6.20 Å². The summed E-state index contributed by atoms with van der Waals surface area (Å²) in [7, 11) is 0. The van der Waals surface area contributed by atoms with Gasteiger partial charge in [-0.25, -0.2) is 0 Å². The minimum Gasteiger partial charge on any atom is -0.395 e. The molecule has 0 saturated heterocycles. The number of hydrogen-bond donors (Lipinski definition) is 3. The summed E-state index contributed by atoms with van der Waals surface area (Å²) >= 11 is 5.94. The number of aryl methyl sites for hydroxylation is 1. The lowest BCUT2D eigenvalue weighted by Crippen LogP contribution is -2.14. The maximum absolute atomic E-state index is 12.0. The molecule has 0 aliphatic carbocycles. The van der Waals surface area contributed by atoms with Crippen LogP contribution in [-0.2, 0) is 6.42 Å². The van der Waals surface area contributed by atoms with Gasteiger partial charge in [0.2, 0.25) is 0 Å². The smallest absolute Gasteiger partial charge is 0.278 e. The average molecular weight is 280 g/mol. The molecule has 2 aromatic heterocycles. The van der Waals surface area contributed by atoms with Crippen molar-refractivity contribution in [3.63, 3.8) is 0 Å². The molecule has 6 nitrogen and oxygen atoms in total. The normalized spacial score (nSPS) is 10.4. The molecule has 0 atom stereocenters. The first-order valence-electron chi connectivity index (χ1n) is 5.87. The van der Waals surface area contributed by atoms with E-state index in [1.807, 2.05) is 6.92 Å². The number of halogens is 1. The largest absolute Gasteiger partial charge is 0.395 e. The molecule has 0 radical (unpaired) electrons. The zero-order valence-electron chi connectivity index (χ0n) is 10.4. The summed E-state index contributed by atoms with van der Waals surface area (Å²) in [5.41, 5.74) is 7.62. The maximum atomic E-state index is 12.0. The van der Waals surface area contributed by atoms with Crippen molar-refractivity contribution in [2.24, 2.45) is 0 Å². The highest BCUT2D eigenvalue weighted by Crippen LogP contribution is 2.21. The van der Waals surface area contributed by atoms with Gasteiger partial charge in [-0.15, -0.1) is 0 Å². The number of aromatic amines is 1. The molecular formula is C12H14ClN5O. The van der Waals surface area contributed by atoms with E-state index in [-0.39, 0.29) is 5.69 Å². The van der Waals surface area contributed by atoms with Crippen molar-refractivity contribution < 1.29 is 4.79 Å². The second kappa shape index (κ2) is 5.71. The number of nitrogen functional groups attached to an aromatic ring is 1. The number of hydrogen-bond acceptors (Lipinski definition) is 4. The third kappa shape index (κ3) is 2.85. The van der Waals surface area contributed by atoms with Gasteiger partial charge in [0.25, 0.3) is 5.91 Å². The molecule has 4 N–H and O–H groups in total. The van der Waals surface area contributed by atoms with Crippen LogP contribution in [-0.4, -0.2) is 21.1 Å². The lowest BCUT2D eigenvalue weighted by Gasteiger charge is -2.05. The van der Waals surface area contributed by atoms with Crippen LogP contribution in [0.5, 0.6) is 0 Å². The SMILES string of the molecule is CCCc1[nH]nc(C(=O)Nc2cnccc2Cl)c1N. The molecule has 100 valence electrons. The van der Waals surface area contributed by atoms with Gasteiger partial charge in [-0.3, -0.25) is 14.9 Å². The molecule has 0 aliphatic heterocycles. The second-order valence-corrected chi connectivity index (χ2v) is 4.43. The minimum absolute atomic E-state index is 0.170. The van der Waals surface area contributed by atoms with E-state index < -0.39 is 5.91 Å². The van der Waals surface area contributed by atoms with Crippen molar-refractivity contribution in [3.05, 3.63) is 34.9 Å². The van der Waals surface area contributed by atoms with Gasteiger partial charge in [-0.2, -0.15) is 5.10 Å². The zero-order valence-corrected chi connectivity index (χ0v) is 11.2.